The molecule has 20 heavy (non-hydrogen) atoms. The molecule has 1 aromatic rings. The Labute approximate surface area is 133 Å². The largest absolute Gasteiger partial charge is 0.315 e. The van der Waals surface area contributed by atoms with Crippen molar-refractivity contribution >= 4 is 37.3 Å². The van der Waals surface area contributed by atoms with Crippen molar-refractivity contribution in [2.24, 2.45) is 11.8 Å². The van der Waals surface area contributed by atoms with Crippen molar-refractivity contribution in [2.75, 3.05) is 7.05 Å². The lowest BCUT2D eigenvalue weighted by atomic mass is 9.98. The van der Waals surface area contributed by atoms with Crippen LogP contribution in [0.25, 0.3) is 0 Å². The molecule has 0 saturated heterocycles. The molecule has 3 atom stereocenters. The molecule has 2 N–H and O–H groups in total. The zero-order chi connectivity index (χ0) is 14.9. The maximum absolute atomic E-state index is 12.5. The molecular formula is C13H21BrN2O2S2. The molecule has 0 aromatic carbocycles. The Bertz CT molecular complexity index is 571. The summed E-state index contributed by atoms with van der Waals surface area (Å²) >= 11 is 4.83. The Balaban J connectivity index is 2.18. The van der Waals surface area contributed by atoms with E-state index >= 15 is 0 Å². The Kier molecular flexibility index (Phi) is 5.29. The summed E-state index contributed by atoms with van der Waals surface area (Å²) < 4.78 is 28.6. The van der Waals surface area contributed by atoms with Gasteiger partial charge >= 0.3 is 0 Å². The fraction of sp³-hybridized carbons (Fsp3) is 0.692. The minimum Gasteiger partial charge on any atom is -0.315 e. The number of nitrogens with one attached hydrogen (secondary N) is 2. The molecule has 4 nitrogen and oxygen atoms in total. The van der Waals surface area contributed by atoms with Crippen molar-refractivity contribution in [2.45, 2.75) is 44.2 Å². The zero-order valence-electron chi connectivity index (χ0n) is 11.9. The number of hydrogen-bond acceptors (Lipinski definition) is 4. The van der Waals surface area contributed by atoms with Crippen molar-refractivity contribution in [3.05, 3.63) is 14.7 Å². The summed E-state index contributed by atoms with van der Waals surface area (Å²) in [5.74, 6) is 0.965. The van der Waals surface area contributed by atoms with E-state index in [2.05, 4.69) is 39.8 Å². The molecule has 0 amide bonds. The van der Waals surface area contributed by atoms with Gasteiger partial charge in [0.2, 0.25) is 10.0 Å². The lowest BCUT2D eigenvalue weighted by Crippen LogP contribution is -2.37. The Hall–Kier alpha value is 0.0500. The van der Waals surface area contributed by atoms with Crippen molar-refractivity contribution < 1.29 is 8.42 Å². The summed E-state index contributed by atoms with van der Waals surface area (Å²) in [6, 6.07) is 1.80. The van der Waals surface area contributed by atoms with Crippen LogP contribution in [0.1, 0.15) is 31.6 Å². The van der Waals surface area contributed by atoms with Gasteiger partial charge in [0.1, 0.15) is 4.90 Å². The van der Waals surface area contributed by atoms with E-state index < -0.39 is 10.0 Å². The van der Waals surface area contributed by atoms with E-state index in [1.807, 2.05) is 7.05 Å². The summed E-state index contributed by atoms with van der Waals surface area (Å²) in [5, 5.41) is 3.04. The topological polar surface area (TPSA) is 58.2 Å². The van der Waals surface area contributed by atoms with Crippen molar-refractivity contribution in [3.8, 4) is 0 Å². The standard InChI is InChI=1S/C13H21BrN2O2S2/c1-8-4-5-11(9(8)2)16-20(17,18)12-6-10(7-15-3)19-13(12)14/h6,8-9,11,15-16H,4-5,7H2,1-3H3. The van der Waals surface area contributed by atoms with E-state index in [9.17, 15) is 8.42 Å². The summed E-state index contributed by atoms with van der Waals surface area (Å²) in [6.45, 7) is 4.99. The first-order chi connectivity index (χ1) is 9.35. The van der Waals surface area contributed by atoms with Crippen LogP contribution in [0.5, 0.6) is 0 Å². The highest BCUT2D eigenvalue weighted by atomic mass is 79.9. The van der Waals surface area contributed by atoms with Gasteiger partial charge in [-0.05, 0) is 53.7 Å². The number of hydrogen-bond donors (Lipinski definition) is 2. The molecule has 2 rings (SSSR count). The minimum atomic E-state index is -3.44. The van der Waals surface area contributed by atoms with Gasteiger partial charge in [0.25, 0.3) is 0 Å². The Morgan fingerprint density at radius 2 is 2.10 bits per heavy atom. The lowest BCUT2D eigenvalue weighted by Gasteiger charge is -2.19. The lowest BCUT2D eigenvalue weighted by molar-refractivity contribution is 0.402. The average Bonchev–Trinajstić information content (AvgIpc) is 2.88. The highest BCUT2D eigenvalue weighted by Crippen LogP contribution is 2.35. The predicted octanol–water partition coefficient (Wildman–Crippen LogP) is 2.94. The number of halogens is 1. The fourth-order valence-corrected chi connectivity index (χ4v) is 6.69. The molecule has 1 aromatic heterocycles. The van der Waals surface area contributed by atoms with Crippen LogP contribution in [0.3, 0.4) is 0 Å². The molecule has 0 aliphatic heterocycles. The first-order valence-corrected chi connectivity index (χ1v) is 9.89. The van der Waals surface area contributed by atoms with Crippen LogP contribution in [0, 0.1) is 11.8 Å². The zero-order valence-corrected chi connectivity index (χ0v) is 15.2. The Morgan fingerprint density at radius 3 is 2.65 bits per heavy atom. The van der Waals surface area contributed by atoms with Crippen LogP contribution in [0.2, 0.25) is 0 Å². The quantitative estimate of drug-likeness (QED) is 0.825. The van der Waals surface area contributed by atoms with E-state index in [0.717, 1.165) is 17.7 Å². The summed E-state index contributed by atoms with van der Waals surface area (Å²) in [4.78, 5) is 1.37. The van der Waals surface area contributed by atoms with E-state index in [1.54, 1.807) is 6.07 Å². The van der Waals surface area contributed by atoms with E-state index in [1.165, 1.54) is 11.3 Å². The minimum absolute atomic E-state index is 0.0505. The van der Waals surface area contributed by atoms with Gasteiger partial charge in [-0.3, -0.25) is 0 Å². The van der Waals surface area contributed by atoms with Gasteiger partial charge in [-0.2, -0.15) is 0 Å². The van der Waals surface area contributed by atoms with Crippen molar-refractivity contribution in [1.29, 1.82) is 0 Å². The molecule has 1 heterocycles. The first kappa shape index (κ1) is 16.4. The molecule has 114 valence electrons. The molecule has 0 spiro atoms. The van der Waals surface area contributed by atoms with Crippen LogP contribution in [-0.2, 0) is 16.6 Å². The fourth-order valence-electron chi connectivity index (χ4n) is 2.64. The first-order valence-electron chi connectivity index (χ1n) is 6.80. The smallest absolute Gasteiger partial charge is 0.242 e. The highest BCUT2D eigenvalue weighted by Gasteiger charge is 2.34. The summed E-state index contributed by atoms with van der Waals surface area (Å²) in [6.07, 6.45) is 2.01. The van der Waals surface area contributed by atoms with Crippen LogP contribution < -0.4 is 10.0 Å². The third kappa shape index (κ3) is 3.44. The molecular weight excluding hydrogens is 360 g/mol. The van der Waals surface area contributed by atoms with Crippen LogP contribution in [0.15, 0.2) is 14.7 Å². The van der Waals surface area contributed by atoms with Crippen LogP contribution in [0.4, 0.5) is 0 Å². The number of thiophene rings is 1. The van der Waals surface area contributed by atoms with Crippen LogP contribution in [-0.4, -0.2) is 21.5 Å². The van der Waals surface area contributed by atoms with Gasteiger partial charge in [0.15, 0.2) is 0 Å². The maximum Gasteiger partial charge on any atom is 0.242 e. The van der Waals surface area contributed by atoms with Gasteiger partial charge in [-0.1, -0.05) is 13.8 Å². The van der Waals surface area contributed by atoms with Gasteiger partial charge in [0, 0.05) is 17.5 Å². The Morgan fingerprint density at radius 1 is 1.40 bits per heavy atom. The molecule has 3 unspecified atom stereocenters. The molecule has 7 heteroatoms. The van der Waals surface area contributed by atoms with Gasteiger partial charge in [-0.15, -0.1) is 11.3 Å². The third-order valence-corrected chi connectivity index (χ3v) is 7.86. The second kappa shape index (κ2) is 6.44. The molecule has 1 aliphatic rings. The number of sulfonamides is 1. The van der Waals surface area contributed by atoms with Crippen molar-refractivity contribution in [1.82, 2.24) is 10.0 Å². The predicted molar refractivity (Wildman–Crippen MR) is 86.5 cm³/mol. The average molecular weight is 381 g/mol. The second-order valence-electron chi connectivity index (χ2n) is 5.52. The molecule has 1 aliphatic carbocycles. The molecule has 1 fully saturated rings. The van der Waals surface area contributed by atoms with Gasteiger partial charge in [-0.25, -0.2) is 13.1 Å². The van der Waals surface area contributed by atoms with Crippen LogP contribution >= 0.6 is 27.3 Å². The molecule has 0 bridgehead atoms. The van der Waals surface area contributed by atoms with E-state index in [0.29, 0.717) is 27.1 Å². The maximum atomic E-state index is 12.5. The summed E-state index contributed by atoms with van der Waals surface area (Å²) in [5.41, 5.74) is 0. The second-order valence-corrected chi connectivity index (χ2v) is 9.66. The SMILES string of the molecule is CNCc1cc(S(=O)(=O)NC2CCC(C)C2C)c(Br)s1. The van der Waals surface area contributed by atoms with Crippen molar-refractivity contribution in [3.63, 3.8) is 0 Å². The third-order valence-electron chi connectivity index (χ3n) is 4.12. The van der Waals surface area contributed by atoms with Gasteiger partial charge in [0.05, 0.1) is 3.79 Å². The van der Waals surface area contributed by atoms with Gasteiger partial charge < -0.3 is 5.32 Å². The highest BCUT2D eigenvalue weighted by molar-refractivity contribution is 9.11. The molecule has 0 radical (unpaired) electrons. The van der Waals surface area contributed by atoms with E-state index in [4.69, 9.17) is 0 Å². The normalized spacial score (nSPS) is 27.1. The molecule has 1 saturated carbocycles. The summed E-state index contributed by atoms with van der Waals surface area (Å²) in [7, 11) is -1.59. The number of rotatable bonds is 5. The monoisotopic (exact) mass is 380 g/mol. The van der Waals surface area contributed by atoms with E-state index in [-0.39, 0.29) is 6.04 Å².